The fourth-order valence-electron chi connectivity index (χ4n) is 5.29. The summed E-state index contributed by atoms with van der Waals surface area (Å²) in [4.78, 5) is 12.3. The lowest BCUT2D eigenvalue weighted by Crippen LogP contribution is -2.45. The van der Waals surface area contributed by atoms with Crippen LogP contribution in [0.4, 0.5) is 0 Å². The van der Waals surface area contributed by atoms with Crippen LogP contribution in [0.5, 0.6) is 0 Å². The van der Waals surface area contributed by atoms with E-state index in [1.54, 1.807) is 6.08 Å². The summed E-state index contributed by atoms with van der Waals surface area (Å²) in [6.07, 6.45) is 37.1. The molecule has 0 aromatic rings. The van der Waals surface area contributed by atoms with Gasteiger partial charge in [0, 0.05) is 6.42 Å². The SMILES string of the molecule is CCCCCCCCCCCC/C=C/[C@@H](O)[C@@H](CO)NC(=O)CCCCCCCCCCCCCCCCC. The zero-order chi connectivity index (χ0) is 28.7. The fraction of sp³-hybridized carbons (Fsp3) is 0.914. The van der Waals surface area contributed by atoms with Crippen LogP contribution in [0.2, 0.25) is 0 Å². The van der Waals surface area contributed by atoms with E-state index >= 15 is 0 Å². The van der Waals surface area contributed by atoms with Gasteiger partial charge in [-0.15, -0.1) is 0 Å². The van der Waals surface area contributed by atoms with Gasteiger partial charge in [-0.1, -0.05) is 174 Å². The first kappa shape index (κ1) is 38.1. The molecule has 39 heavy (non-hydrogen) atoms. The number of allylic oxidation sites excluding steroid dienone is 1. The molecular formula is C35H69NO3. The van der Waals surface area contributed by atoms with Crippen LogP contribution in [0.3, 0.4) is 0 Å². The average molecular weight is 552 g/mol. The van der Waals surface area contributed by atoms with Gasteiger partial charge in [0.2, 0.25) is 5.91 Å². The Morgan fingerprint density at radius 1 is 0.590 bits per heavy atom. The lowest BCUT2D eigenvalue weighted by molar-refractivity contribution is -0.123. The fourth-order valence-corrected chi connectivity index (χ4v) is 5.29. The lowest BCUT2D eigenvalue weighted by atomic mass is 10.0. The molecule has 1 amide bonds. The Hall–Kier alpha value is -0.870. The van der Waals surface area contributed by atoms with Crippen LogP contribution < -0.4 is 5.32 Å². The van der Waals surface area contributed by atoms with Crippen LogP contribution in [0.1, 0.15) is 187 Å². The molecule has 3 N–H and O–H groups in total. The van der Waals surface area contributed by atoms with Crippen LogP contribution >= 0.6 is 0 Å². The summed E-state index contributed by atoms with van der Waals surface area (Å²) in [6, 6.07) is -0.613. The summed E-state index contributed by atoms with van der Waals surface area (Å²) in [5.74, 6) is -0.0640. The monoisotopic (exact) mass is 552 g/mol. The van der Waals surface area contributed by atoms with E-state index < -0.39 is 12.1 Å². The van der Waals surface area contributed by atoms with Crippen LogP contribution in [-0.2, 0) is 4.79 Å². The Morgan fingerprint density at radius 3 is 1.33 bits per heavy atom. The number of aliphatic hydroxyl groups is 2. The van der Waals surface area contributed by atoms with Crippen molar-refractivity contribution in [1.82, 2.24) is 5.32 Å². The van der Waals surface area contributed by atoms with Gasteiger partial charge in [0.25, 0.3) is 0 Å². The number of rotatable bonds is 31. The van der Waals surface area contributed by atoms with Crippen molar-refractivity contribution < 1.29 is 15.0 Å². The second-order valence-corrected chi connectivity index (χ2v) is 11.9. The van der Waals surface area contributed by atoms with E-state index in [0.29, 0.717) is 6.42 Å². The summed E-state index contributed by atoms with van der Waals surface area (Å²) in [5, 5.41) is 22.8. The highest BCUT2D eigenvalue weighted by Crippen LogP contribution is 2.14. The van der Waals surface area contributed by atoms with Gasteiger partial charge in [-0.25, -0.2) is 0 Å². The van der Waals surface area contributed by atoms with Crippen molar-refractivity contribution in [2.75, 3.05) is 6.61 Å². The maximum absolute atomic E-state index is 12.3. The van der Waals surface area contributed by atoms with E-state index in [-0.39, 0.29) is 12.5 Å². The van der Waals surface area contributed by atoms with Crippen LogP contribution in [-0.4, -0.2) is 34.9 Å². The molecule has 0 unspecified atom stereocenters. The molecule has 4 heteroatoms. The number of carbonyl (C=O) groups is 1. The molecule has 0 aromatic heterocycles. The Kier molecular flexibility index (Phi) is 30.9. The number of carbonyl (C=O) groups excluding carboxylic acids is 1. The van der Waals surface area contributed by atoms with Gasteiger partial charge in [-0.2, -0.15) is 0 Å². The molecule has 0 aliphatic rings. The van der Waals surface area contributed by atoms with E-state index in [2.05, 4.69) is 19.2 Å². The Labute approximate surface area is 244 Å². The van der Waals surface area contributed by atoms with Crippen molar-refractivity contribution in [3.05, 3.63) is 12.2 Å². The number of hydrogen-bond acceptors (Lipinski definition) is 3. The molecule has 0 aromatic carbocycles. The van der Waals surface area contributed by atoms with Gasteiger partial charge in [0.15, 0.2) is 0 Å². The molecule has 4 nitrogen and oxygen atoms in total. The number of nitrogens with one attached hydrogen (secondary N) is 1. The standard InChI is InChI=1S/C35H69NO3/c1-3-5-7-9-11-13-15-17-18-19-21-23-25-27-29-31-35(39)36-33(32-37)34(38)30-28-26-24-22-20-16-14-12-10-8-6-4-2/h28,30,33-34,37-38H,3-27,29,31-32H2,1-2H3,(H,36,39)/b30-28+/t33-,34-/m1/s1. The minimum Gasteiger partial charge on any atom is -0.394 e. The van der Waals surface area contributed by atoms with Gasteiger partial charge < -0.3 is 15.5 Å². The van der Waals surface area contributed by atoms with E-state index in [1.165, 1.54) is 141 Å². The third kappa shape index (κ3) is 28.5. The smallest absolute Gasteiger partial charge is 0.220 e. The average Bonchev–Trinajstić information content (AvgIpc) is 2.94. The normalized spacial score (nSPS) is 13.2. The summed E-state index contributed by atoms with van der Waals surface area (Å²) in [5.41, 5.74) is 0. The molecule has 0 saturated carbocycles. The molecule has 0 radical (unpaired) electrons. The zero-order valence-corrected chi connectivity index (χ0v) is 26.4. The third-order valence-electron chi connectivity index (χ3n) is 8.02. The van der Waals surface area contributed by atoms with Crippen molar-refractivity contribution in [2.24, 2.45) is 0 Å². The maximum atomic E-state index is 12.3. The van der Waals surface area contributed by atoms with Crippen LogP contribution in [0, 0.1) is 0 Å². The zero-order valence-electron chi connectivity index (χ0n) is 26.4. The Balaban J connectivity index is 3.61. The van der Waals surface area contributed by atoms with E-state index in [0.717, 1.165) is 25.7 Å². The topological polar surface area (TPSA) is 69.6 Å². The molecule has 0 spiro atoms. The van der Waals surface area contributed by atoms with Crippen molar-refractivity contribution in [3.8, 4) is 0 Å². The quantitative estimate of drug-likeness (QED) is 0.0593. The minimum absolute atomic E-state index is 0.0640. The third-order valence-corrected chi connectivity index (χ3v) is 8.02. The van der Waals surface area contributed by atoms with E-state index in [1.807, 2.05) is 6.08 Å². The lowest BCUT2D eigenvalue weighted by Gasteiger charge is -2.20. The first-order chi connectivity index (χ1) is 19.2. The van der Waals surface area contributed by atoms with E-state index in [4.69, 9.17) is 0 Å². The first-order valence-electron chi connectivity index (χ1n) is 17.4. The largest absolute Gasteiger partial charge is 0.394 e. The summed E-state index contributed by atoms with van der Waals surface area (Å²) < 4.78 is 0. The molecule has 0 aliphatic carbocycles. The summed E-state index contributed by atoms with van der Waals surface area (Å²) in [6.45, 7) is 4.29. The highest BCUT2D eigenvalue weighted by atomic mass is 16.3. The predicted octanol–water partition coefficient (Wildman–Crippen LogP) is 9.95. The van der Waals surface area contributed by atoms with Crippen molar-refractivity contribution >= 4 is 5.91 Å². The minimum atomic E-state index is -0.830. The molecule has 0 bridgehead atoms. The second-order valence-electron chi connectivity index (χ2n) is 11.9. The summed E-state index contributed by atoms with van der Waals surface area (Å²) >= 11 is 0. The van der Waals surface area contributed by atoms with E-state index in [9.17, 15) is 15.0 Å². The number of unbranched alkanes of at least 4 members (excludes halogenated alkanes) is 24. The molecule has 2 atom stereocenters. The van der Waals surface area contributed by atoms with Gasteiger partial charge in [0.05, 0.1) is 18.8 Å². The highest BCUT2D eigenvalue weighted by molar-refractivity contribution is 5.76. The van der Waals surface area contributed by atoms with Crippen molar-refractivity contribution in [3.63, 3.8) is 0 Å². The van der Waals surface area contributed by atoms with Crippen molar-refractivity contribution in [2.45, 2.75) is 199 Å². The maximum Gasteiger partial charge on any atom is 0.220 e. The van der Waals surface area contributed by atoms with Crippen LogP contribution in [0.15, 0.2) is 12.2 Å². The molecule has 0 fully saturated rings. The van der Waals surface area contributed by atoms with Gasteiger partial charge in [-0.3, -0.25) is 4.79 Å². The molecule has 0 aliphatic heterocycles. The number of aliphatic hydroxyl groups excluding tert-OH is 2. The number of amides is 1. The van der Waals surface area contributed by atoms with Gasteiger partial charge >= 0.3 is 0 Å². The summed E-state index contributed by atoms with van der Waals surface area (Å²) in [7, 11) is 0. The highest BCUT2D eigenvalue weighted by Gasteiger charge is 2.17. The second kappa shape index (κ2) is 31.7. The van der Waals surface area contributed by atoms with Crippen molar-refractivity contribution in [1.29, 1.82) is 0 Å². The molecule has 0 saturated heterocycles. The van der Waals surface area contributed by atoms with Gasteiger partial charge in [0.1, 0.15) is 0 Å². The Morgan fingerprint density at radius 2 is 0.949 bits per heavy atom. The Bertz CT molecular complexity index is 522. The van der Waals surface area contributed by atoms with Gasteiger partial charge in [-0.05, 0) is 19.3 Å². The molecular weight excluding hydrogens is 482 g/mol. The van der Waals surface area contributed by atoms with Crippen LogP contribution in [0.25, 0.3) is 0 Å². The molecule has 0 rings (SSSR count). The molecule has 232 valence electrons. The molecule has 0 heterocycles. The predicted molar refractivity (Wildman–Crippen MR) is 170 cm³/mol. The number of hydrogen-bond donors (Lipinski definition) is 3. The first-order valence-corrected chi connectivity index (χ1v) is 17.4.